The topological polar surface area (TPSA) is 85.5 Å². The summed E-state index contributed by atoms with van der Waals surface area (Å²) >= 11 is 0. The number of halogens is 1. The number of aryl methyl sites for hydroxylation is 2. The third kappa shape index (κ3) is 5.11. The quantitative estimate of drug-likeness (QED) is 0.505. The van der Waals surface area contributed by atoms with E-state index in [1.54, 1.807) is 6.92 Å². The summed E-state index contributed by atoms with van der Waals surface area (Å²) in [5, 5.41) is 8.00. The van der Waals surface area contributed by atoms with Crippen LogP contribution in [0, 0.1) is 19.7 Å². The minimum absolute atomic E-state index is 0.192. The molecule has 2 aliphatic heterocycles. The van der Waals surface area contributed by atoms with Gasteiger partial charge in [0.25, 0.3) is 5.89 Å². The van der Waals surface area contributed by atoms with E-state index in [0.29, 0.717) is 46.3 Å². The molecule has 188 valence electrons. The number of nitrogens with one attached hydrogen (secondary N) is 1. The molecule has 2 saturated heterocycles. The molecule has 3 atom stereocenters. The average molecular weight is 491 g/mol. The van der Waals surface area contributed by atoms with Gasteiger partial charge in [0, 0.05) is 48.0 Å². The number of rotatable bonds is 6. The highest BCUT2D eigenvalue weighted by Gasteiger charge is 2.32. The molecule has 1 aromatic carbocycles. The second kappa shape index (κ2) is 9.70. The summed E-state index contributed by atoms with van der Waals surface area (Å²) in [4.78, 5) is 11.7. The van der Waals surface area contributed by atoms with Gasteiger partial charge >= 0.3 is 0 Å². The average Bonchev–Trinajstić information content (AvgIpc) is 3.45. The Bertz CT molecular complexity index is 1260. The van der Waals surface area contributed by atoms with Crippen LogP contribution in [0.1, 0.15) is 37.6 Å². The lowest BCUT2D eigenvalue weighted by Gasteiger charge is -2.40. The minimum Gasteiger partial charge on any atom is -0.514 e. The van der Waals surface area contributed by atoms with Crippen molar-refractivity contribution in [1.29, 1.82) is 0 Å². The SMILES string of the molecule is BC(B)(B)Oc1cc(F)c2nc(N3CC[C@@H](N[C@H]4CCOC4)C[C@H]3C)c(-c3nc(C)no3)c(C)c2c1. The zero-order chi connectivity index (χ0) is 25.6. The van der Waals surface area contributed by atoms with Gasteiger partial charge in [-0.2, -0.15) is 4.98 Å². The maximum Gasteiger partial charge on any atom is 0.261 e. The van der Waals surface area contributed by atoms with E-state index < -0.39 is 11.1 Å². The molecule has 0 spiro atoms. The number of anilines is 1. The van der Waals surface area contributed by atoms with Gasteiger partial charge in [-0.25, -0.2) is 9.37 Å². The van der Waals surface area contributed by atoms with Crippen LogP contribution in [0.4, 0.5) is 10.2 Å². The summed E-state index contributed by atoms with van der Waals surface area (Å²) in [6, 6.07) is 4.30. The summed E-state index contributed by atoms with van der Waals surface area (Å²) < 4.78 is 32.6. The summed E-state index contributed by atoms with van der Waals surface area (Å²) in [7, 11) is 5.82. The molecule has 12 heteroatoms. The fraction of sp³-hybridized carbons (Fsp3) is 0.542. The maximum atomic E-state index is 15.4. The van der Waals surface area contributed by atoms with Gasteiger partial charge in [-0.15, -0.1) is 0 Å². The van der Waals surface area contributed by atoms with Gasteiger partial charge in [0.05, 0.1) is 12.2 Å². The Morgan fingerprint density at radius 2 is 1.97 bits per heavy atom. The van der Waals surface area contributed by atoms with Crippen LogP contribution in [0.25, 0.3) is 22.4 Å². The van der Waals surface area contributed by atoms with Crippen LogP contribution < -0.4 is 15.0 Å². The molecule has 0 bridgehead atoms. The summed E-state index contributed by atoms with van der Waals surface area (Å²) in [5.74, 6) is 1.68. The molecule has 3 aromatic rings. The van der Waals surface area contributed by atoms with Gasteiger partial charge < -0.3 is 24.2 Å². The predicted octanol–water partition coefficient (Wildman–Crippen LogP) is 0.666. The molecule has 0 radical (unpaired) electrons. The molecule has 0 aliphatic carbocycles. The molecular weight excluding hydrogens is 458 g/mol. The van der Waals surface area contributed by atoms with Crippen molar-refractivity contribution in [3.63, 3.8) is 0 Å². The molecule has 2 fully saturated rings. The Balaban J connectivity index is 1.56. The van der Waals surface area contributed by atoms with E-state index in [1.807, 2.05) is 36.5 Å². The highest BCUT2D eigenvalue weighted by Crippen LogP contribution is 2.40. The summed E-state index contributed by atoms with van der Waals surface area (Å²) in [6.07, 6.45) is 2.97. The number of ether oxygens (including phenoxy) is 2. The number of piperidine rings is 1. The van der Waals surface area contributed by atoms with Crippen LogP contribution in [-0.4, -0.2) is 81.8 Å². The highest BCUT2D eigenvalue weighted by atomic mass is 19.1. The molecule has 4 heterocycles. The van der Waals surface area contributed by atoms with Crippen LogP contribution in [0.2, 0.25) is 0 Å². The van der Waals surface area contributed by atoms with Gasteiger partial charge in [-0.05, 0) is 51.7 Å². The smallest absolute Gasteiger partial charge is 0.261 e. The molecule has 36 heavy (non-hydrogen) atoms. The van der Waals surface area contributed by atoms with E-state index in [4.69, 9.17) is 19.0 Å². The summed E-state index contributed by atoms with van der Waals surface area (Å²) in [5.41, 5.74) is 1.91. The molecule has 8 nitrogen and oxygen atoms in total. The monoisotopic (exact) mass is 491 g/mol. The largest absolute Gasteiger partial charge is 0.514 e. The van der Waals surface area contributed by atoms with Crippen molar-refractivity contribution >= 4 is 40.3 Å². The molecule has 2 aromatic heterocycles. The lowest BCUT2D eigenvalue weighted by atomic mass is 9.52. The Labute approximate surface area is 213 Å². The number of benzene rings is 1. The van der Waals surface area contributed by atoms with Crippen molar-refractivity contribution in [2.45, 2.75) is 63.5 Å². The van der Waals surface area contributed by atoms with Crippen molar-refractivity contribution in [2.75, 3.05) is 24.7 Å². The molecular formula is C24H33B3FN5O3. The maximum absolute atomic E-state index is 15.4. The Hall–Kier alpha value is -2.59. The van der Waals surface area contributed by atoms with Crippen LogP contribution >= 0.6 is 0 Å². The standard InChI is InChI=1S/C24H33B3FN5O3/c1-12-8-15(30-16-5-7-34-11-16)4-6-33(12)22-20(23-29-14(3)32-36-23)13(2)18-9-17(35-24(25,26)27)10-19(28)21(18)31-22/h9-10,12,15-16,30H,4-8,11,25-27H2,1-3H3/t12-,15-,16+/m1/s1. The number of aromatic nitrogens is 3. The van der Waals surface area contributed by atoms with E-state index in [-0.39, 0.29) is 6.04 Å². The third-order valence-electron chi connectivity index (χ3n) is 6.97. The fourth-order valence-electron chi connectivity index (χ4n) is 5.35. The number of hydrogen-bond acceptors (Lipinski definition) is 8. The highest BCUT2D eigenvalue weighted by molar-refractivity contribution is 6.58. The van der Waals surface area contributed by atoms with Gasteiger partial charge in [0.1, 0.15) is 40.6 Å². The van der Waals surface area contributed by atoms with Gasteiger partial charge in [0.2, 0.25) is 0 Å². The Morgan fingerprint density at radius 1 is 1.17 bits per heavy atom. The molecule has 2 aliphatic rings. The van der Waals surface area contributed by atoms with Crippen molar-refractivity contribution in [1.82, 2.24) is 20.4 Å². The van der Waals surface area contributed by atoms with Crippen molar-refractivity contribution in [3.05, 3.63) is 29.3 Å². The van der Waals surface area contributed by atoms with Crippen molar-refractivity contribution < 1.29 is 18.4 Å². The molecule has 0 unspecified atom stereocenters. The van der Waals surface area contributed by atoms with Gasteiger partial charge in [-0.1, -0.05) is 5.16 Å². The van der Waals surface area contributed by atoms with Crippen molar-refractivity contribution in [3.8, 4) is 17.2 Å². The van der Waals surface area contributed by atoms with E-state index in [0.717, 1.165) is 50.1 Å². The molecule has 1 N–H and O–H groups in total. The lowest BCUT2D eigenvalue weighted by molar-refractivity contribution is 0.185. The first-order chi connectivity index (χ1) is 17.1. The first kappa shape index (κ1) is 25.1. The molecule has 0 saturated carbocycles. The first-order valence-corrected chi connectivity index (χ1v) is 12.8. The van der Waals surface area contributed by atoms with Crippen LogP contribution in [0.5, 0.6) is 5.75 Å². The van der Waals surface area contributed by atoms with Crippen LogP contribution in [-0.2, 0) is 4.74 Å². The van der Waals surface area contributed by atoms with E-state index in [2.05, 4.69) is 27.3 Å². The second-order valence-electron chi connectivity index (χ2n) is 11.1. The van der Waals surface area contributed by atoms with Crippen LogP contribution in [0.3, 0.4) is 0 Å². The van der Waals surface area contributed by atoms with E-state index >= 15 is 4.39 Å². The zero-order valence-electron chi connectivity index (χ0n) is 22.0. The predicted molar refractivity (Wildman–Crippen MR) is 146 cm³/mol. The third-order valence-corrected chi connectivity index (χ3v) is 6.97. The number of nitrogens with zero attached hydrogens (tertiary/aromatic N) is 4. The molecule has 5 rings (SSSR count). The van der Waals surface area contributed by atoms with Gasteiger partial charge in [0.15, 0.2) is 11.6 Å². The van der Waals surface area contributed by atoms with Gasteiger partial charge in [-0.3, -0.25) is 0 Å². The molecule has 0 amide bonds. The normalized spacial score (nSPS) is 22.9. The fourth-order valence-corrected chi connectivity index (χ4v) is 5.35. The number of pyridine rings is 1. The summed E-state index contributed by atoms with van der Waals surface area (Å²) in [6.45, 7) is 8.34. The minimum atomic E-state index is -0.452. The lowest BCUT2D eigenvalue weighted by Crippen LogP contribution is -2.50. The van der Waals surface area contributed by atoms with E-state index in [1.165, 1.54) is 6.07 Å². The van der Waals surface area contributed by atoms with Crippen molar-refractivity contribution in [2.24, 2.45) is 0 Å². The Morgan fingerprint density at radius 3 is 2.61 bits per heavy atom. The number of hydrogen-bond donors (Lipinski definition) is 1. The zero-order valence-corrected chi connectivity index (χ0v) is 22.0. The van der Waals surface area contributed by atoms with E-state index in [9.17, 15) is 0 Å². The first-order valence-electron chi connectivity index (χ1n) is 12.8. The van der Waals surface area contributed by atoms with Crippen LogP contribution in [0.15, 0.2) is 16.7 Å². The second-order valence-corrected chi connectivity index (χ2v) is 11.1. The number of fused-ring (bicyclic) bond motifs is 1. The Kier molecular flexibility index (Phi) is 6.76.